The molecule has 1 saturated carbocycles. The summed E-state index contributed by atoms with van der Waals surface area (Å²) in [6, 6.07) is 0.643. The van der Waals surface area contributed by atoms with E-state index in [4.69, 9.17) is 9.31 Å². The highest BCUT2D eigenvalue weighted by atomic mass is 16.7. The van der Waals surface area contributed by atoms with Gasteiger partial charge in [-0.15, -0.1) is 0 Å². The van der Waals surface area contributed by atoms with Crippen LogP contribution in [0, 0.1) is 5.92 Å². The molecule has 0 amide bonds. The van der Waals surface area contributed by atoms with Crippen molar-refractivity contribution in [1.82, 2.24) is 5.32 Å². The van der Waals surface area contributed by atoms with Crippen molar-refractivity contribution in [2.75, 3.05) is 6.54 Å². The molecule has 3 nitrogen and oxygen atoms in total. The van der Waals surface area contributed by atoms with E-state index in [0.717, 1.165) is 18.9 Å². The summed E-state index contributed by atoms with van der Waals surface area (Å²) in [4.78, 5) is 0. The fraction of sp³-hybridized carbons (Fsp3) is 0.857. The molecule has 3 rings (SSSR count). The Morgan fingerprint density at radius 3 is 2.33 bits per heavy atom. The second-order valence-corrected chi connectivity index (χ2v) is 6.92. The summed E-state index contributed by atoms with van der Waals surface area (Å²) < 4.78 is 12.3. The molecule has 0 aromatic heterocycles. The largest absolute Gasteiger partial charge is 0.490 e. The molecule has 0 spiro atoms. The van der Waals surface area contributed by atoms with Gasteiger partial charge in [0, 0.05) is 12.6 Å². The van der Waals surface area contributed by atoms with Crippen LogP contribution in [0.3, 0.4) is 0 Å². The minimum Gasteiger partial charge on any atom is -0.400 e. The Balaban J connectivity index is 1.70. The average Bonchev–Trinajstić information content (AvgIpc) is 3.08. The van der Waals surface area contributed by atoms with Gasteiger partial charge in [-0.1, -0.05) is 6.08 Å². The van der Waals surface area contributed by atoms with E-state index in [1.54, 1.807) is 0 Å². The van der Waals surface area contributed by atoms with Gasteiger partial charge >= 0.3 is 7.12 Å². The lowest BCUT2D eigenvalue weighted by atomic mass is 9.72. The van der Waals surface area contributed by atoms with Crippen LogP contribution in [0.25, 0.3) is 0 Å². The first kappa shape index (κ1) is 12.7. The predicted octanol–water partition coefficient (Wildman–Crippen LogP) is 2.32. The fourth-order valence-corrected chi connectivity index (χ4v) is 2.77. The minimum absolute atomic E-state index is 0.140. The Hall–Kier alpha value is -0.315. The van der Waals surface area contributed by atoms with Crippen molar-refractivity contribution in [1.29, 1.82) is 0 Å². The van der Waals surface area contributed by atoms with Crippen LogP contribution >= 0.6 is 0 Å². The lowest BCUT2D eigenvalue weighted by Gasteiger charge is -2.32. The summed E-state index contributed by atoms with van der Waals surface area (Å²) in [6.07, 6.45) is 6.10. The highest BCUT2D eigenvalue weighted by Crippen LogP contribution is 2.41. The zero-order chi connectivity index (χ0) is 13.0. The van der Waals surface area contributed by atoms with Crippen LogP contribution in [0.5, 0.6) is 0 Å². The highest BCUT2D eigenvalue weighted by molar-refractivity contribution is 6.54. The molecule has 100 valence electrons. The van der Waals surface area contributed by atoms with E-state index in [2.05, 4.69) is 39.1 Å². The maximum atomic E-state index is 6.13. The third-order valence-corrected chi connectivity index (χ3v) is 4.95. The van der Waals surface area contributed by atoms with E-state index >= 15 is 0 Å². The number of hydrogen-bond acceptors (Lipinski definition) is 3. The van der Waals surface area contributed by atoms with Crippen LogP contribution in [0.15, 0.2) is 11.5 Å². The van der Waals surface area contributed by atoms with E-state index in [1.807, 2.05) is 0 Å². The van der Waals surface area contributed by atoms with Gasteiger partial charge in [-0.05, 0) is 58.3 Å². The van der Waals surface area contributed by atoms with E-state index in [9.17, 15) is 0 Å². The molecule has 2 fully saturated rings. The van der Waals surface area contributed by atoms with Gasteiger partial charge in [0.1, 0.15) is 0 Å². The molecule has 1 atom stereocenters. The smallest absolute Gasteiger partial charge is 0.400 e. The summed E-state index contributed by atoms with van der Waals surface area (Å²) >= 11 is 0. The molecular formula is C14H24BNO2. The zero-order valence-corrected chi connectivity index (χ0v) is 12.0. The number of hydrogen-bond donors (Lipinski definition) is 1. The first-order valence-corrected chi connectivity index (χ1v) is 7.17. The van der Waals surface area contributed by atoms with Gasteiger partial charge in [0.15, 0.2) is 0 Å². The minimum atomic E-state index is -0.224. The maximum Gasteiger partial charge on any atom is 0.490 e. The first-order chi connectivity index (χ1) is 8.39. The average molecular weight is 249 g/mol. The highest BCUT2D eigenvalue weighted by Gasteiger charge is 2.52. The first-order valence-electron chi connectivity index (χ1n) is 7.17. The molecule has 0 bridgehead atoms. The van der Waals surface area contributed by atoms with Gasteiger partial charge < -0.3 is 14.6 Å². The van der Waals surface area contributed by atoms with E-state index in [-0.39, 0.29) is 18.3 Å². The molecule has 0 aromatic carbocycles. The molecule has 1 unspecified atom stereocenters. The Morgan fingerprint density at radius 2 is 1.78 bits per heavy atom. The third kappa shape index (κ3) is 2.15. The fourth-order valence-electron chi connectivity index (χ4n) is 2.77. The number of nitrogens with one attached hydrogen (secondary N) is 1. The van der Waals surface area contributed by atoms with Crippen molar-refractivity contribution >= 4 is 7.12 Å². The van der Waals surface area contributed by atoms with Crippen LogP contribution in [-0.2, 0) is 9.31 Å². The molecule has 18 heavy (non-hydrogen) atoms. The molecular weight excluding hydrogens is 225 g/mol. The van der Waals surface area contributed by atoms with Crippen LogP contribution < -0.4 is 5.32 Å². The van der Waals surface area contributed by atoms with Gasteiger partial charge in [-0.25, -0.2) is 0 Å². The lowest BCUT2D eigenvalue weighted by molar-refractivity contribution is 0.00578. The molecule has 2 aliphatic heterocycles. The van der Waals surface area contributed by atoms with Crippen molar-refractivity contribution in [3.05, 3.63) is 11.5 Å². The van der Waals surface area contributed by atoms with E-state index < -0.39 is 0 Å². The summed E-state index contributed by atoms with van der Waals surface area (Å²) in [5, 5.41) is 3.59. The van der Waals surface area contributed by atoms with Crippen molar-refractivity contribution < 1.29 is 9.31 Å². The molecule has 4 heteroatoms. The van der Waals surface area contributed by atoms with Crippen molar-refractivity contribution in [2.24, 2.45) is 5.92 Å². The molecule has 1 N–H and O–H groups in total. The SMILES string of the molecule is CC1(C)OB(C2=CCNC(C3CC3)C2)OC1(C)C. The Labute approximate surface area is 110 Å². The normalized spacial score (nSPS) is 34.6. The Bertz CT molecular complexity index is 358. The molecule has 2 heterocycles. The monoisotopic (exact) mass is 249 g/mol. The Morgan fingerprint density at radius 1 is 1.17 bits per heavy atom. The van der Waals surface area contributed by atoms with Crippen molar-refractivity contribution in [3.8, 4) is 0 Å². The quantitative estimate of drug-likeness (QED) is 0.762. The van der Waals surface area contributed by atoms with Crippen LogP contribution in [-0.4, -0.2) is 30.9 Å². The predicted molar refractivity (Wildman–Crippen MR) is 73.3 cm³/mol. The van der Waals surface area contributed by atoms with E-state index in [1.165, 1.54) is 18.3 Å². The van der Waals surface area contributed by atoms with Crippen LogP contribution in [0.2, 0.25) is 0 Å². The van der Waals surface area contributed by atoms with Gasteiger partial charge in [0.05, 0.1) is 11.2 Å². The number of rotatable bonds is 2. The Kier molecular flexibility index (Phi) is 2.89. The molecule has 3 aliphatic rings. The summed E-state index contributed by atoms with van der Waals surface area (Å²) in [5.41, 5.74) is 0.890. The van der Waals surface area contributed by atoms with Crippen LogP contribution in [0.1, 0.15) is 47.0 Å². The molecule has 0 aromatic rings. The molecule has 0 radical (unpaired) electrons. The molecule has 1 aliphatic carbocycles. The zero-order valence-electron chi connectivity index (χ0n) is 12.0. The molecule has 1 saturated heterocycles. The van der Waals surface area contributed by atoms with E-state index in [0.29, 0.717) is 6.04 Å². The van der Waals surface area contributed by atoms with Gasteiger partial charge in [-0.3, -0.25) is 0 Å². The van der Waals surface area contributed by atoms with Gasteiger partial charge in [-0.2, -0.15) is 0 Å². The van der Waals surface area contributed by atoms with Crippen molar-refractivity contribution in [3.63, 3.8) is 0 Å². The standard InChI is InChI=1S/C14H24BNO2/c1-13(2)14(3,4)18-15(17-13)11-7-8-16-12(9-11)10-5-6-10/h7,10,12,16H,5-6,8-9H2,1-4H3. The second kappa shape index (κ2) is 4.09. The van der Waals surface area contributed by atoms with Crippen LogP contribution in [0.4, 0.5) is 0 Å². The topological polar surface area (TPSA) is 30.5 Å². The van der Waals surface area contributed by atoms with Crippen molar-refractivity contribution in [2.45, 2.75) is 64.2 Å². The van der Waals surface area contributed by atoms with Gasteiger partial charge in [0.2, 0.25) is 0 Å². The third-order valence-electron chi connectivity index (χ3n) is 4.95. The lowest BCUT2D eigenvalue weighted by Crippen LogP contribution is -2.41. The second-order valence-electron chi connectivity index (χ2n) is 6.92. The summed E-state index contributed by atoms with van der Waals surface area (Å²) in [5.74, 6) is 0.885. The van der Waals surface area contributed by atoms with Gasteiger partial charge in [0.25, 0.3) is 0 Å². The maximum absolute atomic E-state index is 6.13. The summed E-state index contributed by atoms with van der Waals surface area (Å²) in [7, 11) is -0.140. The summed E-state index contributed by atoms with van der Waals surface area (Å²) in [6.45, 7) is 9.43.